The number of piperidine rings is 1. The number of aromatic nitrogens is 2. The average Bonchev–Trinajstić information content (AvgIpc) is 2.68. The fourth-order valence-corrected chi connectivity index (χ4v) is 4.03. The summed E-state index contributed by atoms with van der Waals surface area (Å²) in [6, 6.07) is 10.6. The van der Waals surface area contributed by atoms with E-state index in [9.17, 15) is 5.11 Å². The van der Waals surface area contributed by atoms with Crippen molar-refractivity contribution < 1.29 is 5.11 Å². The van der Waals surface area contributed by atoms with Crippen LogP contribution in [0.25, 0.3) is 0 Å². The Hall–Kier alpha value is -2.18. The predicted molar refractivity (Wildman–Crippen MR) is 108 cm³/mol. The zero-order valence-corrected chi connectivity index (χ0v) is 16.3. The van der Waals surface area contributed by atoms with Gasteiger partial charge in [0, 0.05) is 58.8 Å². The second-order valence-electron chi connectivity index (χ2n) is 7.86. The van der Waals surface area contributed by atoms with Gasteiger partial charge in [-0.3, -0.25) is 4.90 Å². The second kappa shape index (κ2) is 7.82. The Bertz CT molecular complexity index is 780. The number of fused-ring (bicyclic) bond motifs is 1. The van der Waals surface area contributed by atoms with Gasteiger partial charge >= 0.3 is 0 Å². The summed E-state index contributed by atoms with van der Waals surface area (Å²) in [6.45, 7) is 4.42. The molecule has 27 heavy (non-hydrogen) atoms. The molecular formula is C21H29N5O. The fourth-order valence-electron chi connectivity index (χ4n) is 4.03. The van der Waals surface area contributed by atoms with Crippen molar-refractivity contribution in [1.29, 1.82) is 0 Å². The molecule has 3 heterocycles. The molecule has 1 N–H and O–H groups in total. The summed E-state index contributed by atoms with van der Waals surface area (Å²) >= 11 is 0. The van der Waals surface area contributed by atoms with Gasteiger partial charge in [0.05, 0.1) is 11.8 Å². The van der Waals surface area contributed by atoms with E-state index in [2.05, 4.69) is 40.1 Å². The van der Waals surface area contributed by atoms with Crippen LogP contribution in [0.3, 0.4) is 0 Å². The van der Waals surface area contributed by atoms with Gasteiger partial charge in [-0.1, -0.05) is 30.3 Å². The average molecular weight is 367 g/mol. The molecule has 1 aromatic heterocycles. The molecule has 6 heteroatoms. The molecule has 0 aliphatic carbocycles. The lowest BCUT2D eigenvalue weighted by atomic mass is 10.0. The summed E-state index contributed by atoms with van der Waals surface area (Å²) in [5, 5.41) is 10.2. The maximum atomic E-state index is 10.2. The van der Waals surface area contributed by atoms with Crippen LogP contribution in [0, 0.1) is 0 Å². The van der Waals surface area contributed by atoms with Crippen molar-refractivity contribution in [1.82, 2.24) is 14.9 Å². The van der Waals surface area contributed by atoms with Crippen LogP contribution in [0.4, 0.5) is 11.8 Å². The fraction of sp³-hybridized carbons (Fsp3) is 0.524. The van der Waals surface area contributed by atoms with E-state index >= 15 is 0 Å². The number of nitrogens with zero attached hydrogens (tertiary/aromatic N) is 5. The van der Waals surface area contributed by atoms with E-state index in [1.165, 1.54) is 11.1 Å². The number of benzene rings is 1. The van der Waals surface area contributed by atoms with Crippen molar-refractivity contribution in [3.8, 4) is 0 Å². The predicted octanol–water partition coefficient (Wildman–Crippen LogP) is 2.06. The number of β-amino-alcohol motifs (C(OH)–C–C–N with tert-alkyl or cyclic N) is 1. The molecule has 0 spiro atoms. The molecule has 1 saturated heterocycles. The lowest BCUT2D eigenvalue weighted by Gasteiger charge is -2.36. The zero-order chi connectivity index (χ0) is 18.8. The van der Waals surface area contributed by atoms with Gasteiger partial charge in [-0.05, 0) is 18.4 Å². The smallest absolute Gasteiger partial charge is 0.227 e. The van der Waals surface area contributed by atoms with Crippen LogP contribution in [0.2, 0.25) is 0 Å². The number of hydrogen-bond acceptors (Lipinski definition) is 6. The van der Waals surface area contributed by atoms with Crippen LogP contribution in [0.1, 0.15) is 29.7 Å². The molecule has 6 nitrogen and oxygen atoms in total. The molecule has 0 saturated carbocycles. The Morgan fingerprint density at radius 1 is 1.15 bits per heavy atom. The summed E-state index contributed by atoms with van der Waals surface area (Å²) in [4.78, 5) is 16.4. The van der Waals surface area contributed by atoms with Gasteiger partial charge in [0.25, 0.3) is 0 Å². The first kappa shape index (κ1) is 18.2. The van der Waals surface area contributed by atoms with E-state index in [0.29, 0.717) is 6.54 Å². The third-order valence-corrected chi connectivity index (χ3v) is 5.45. The topological polar surface area (TPSA) is 55.7 Å². The molecule has 1 fully saturated rings. The Kier molecular flexibility index (Phi) is 5.27. The highest BCUT2D eigenvalue weighted by Gasteiger charge is 2.28. The summed E-state index contributed by atoms with van der Waals surface area (Å²) in [5.74, 6) is 1.78. The van der Waals surface area contributed by atoms with Gasteiger partial charge in [0.15, 0.2) is 0 Å². The third kappa shape index (κ3) is 4.06. The third-order valence-electron chi connectivity index (χ3n) is 5.45. The number of aliphatic hydroxyl groups is 1. The van der Waals surface area contributed by atoms with Gasteiger partial charge in [-0.15, -0.1) is 0 Å². The summed E-state index contributed by atoms with van der Waals surface area (Å²) in [7, 11) is 3.97. The molecule has 2 aliphatic rings. The van der Waals surface area contributed by atoms with Crippen LogP contribution >= 0.6 is 0 Å². The van der Waals surface area contributed by atoms with Gasteiger partial charge in [-0.2, -0.15) is 4.98 Å². The van der Waals surface area contributed by atoms with E-state index in [4.69, 9.17) is 9.97 Å². The molecule has 2 aliphatic heterocycles. The number of hydrogen-bond donors (Lipinski definition) is 1. The molecule has 2 aromatic rings. The molecule has 0 bridgehead atoms. The van der Waals surface area contributed by atoms with Crippen molar-refractivity contribution >= 4 is 11.8 Å². The largest absolute Gasteiger partial charge is 0.391 e. The minimum absolute atomic E-state index is 0.267. The molecule has 0 unspecified atom stereocenters. The van der Waals surface area contributed by atoms with Crippen LogP contribution < -0.4 is 9.80 Å². The second-order valence-corrected chi connectivity index (χ2v) is 7.86. The standard InChI is InChI=1S/C21H29N5O/c1-24(2)21-22-19-10-12-25(13-16-7-4-3-5-8-16)15-18(19)20(23-21)26-11-6-9-17(27)14-26/h3-5,7-8,17,27H,6,9-15H2,1-2H3/t17-/m0/s1. The molecule has 0 amide bonds. The van der Waals surface area contributed by atoms with Crippen molar-refractivity contribution in [2.45, 2.75) is 38.5 Å². The Morgan fingerprint density at radius 3 is 2.70 bits per heavy atom. The van der Waals surface area contributed by atoms with E-state index in [1.54, 1.807) is 0 Å². The monoisotopic (exact) mass is 367 g/mol. The van der Waals surface area contributed by atoms with Gasteiger partial charge in [0.2, 0.25) is 5.95 Å². The Balaban J connectivity index is 1.63. The minimum Gasteiger partial charge on any atom is -0.391 e. The number of rotatable bonds is 4. The lowest BCUT2D eigenvalue weighted by molar-refractivity contribution is 0.153. The Morgan fingerprint density at radius 2 is 1.96 bits per heavy atom. The van der Waals surface area contributed by atoms with Crippen LogP contribution in [0.15, 0.2) is 30.3 Å². The Labute approximate surface area is 161 Å². The molecule has 4 rings (SSSR count). The highest BCUT2D eigenvalue weighted by molar-refractivity contribution is 5.54. The van der Waals surface area contributed by atoms with E-state index in [0.717, 1.165) is 62.9 Å². The molecule has 1 aromatic carbocycles. The maximum Gasteiger partial charge on any atom is 0.227 e. The maximum absolute atomic E-state index is 10.2. The number of anilines is 2. The van der Waals surface area contributed by atoms with Gasteiger partial charge in [0.1, 0.15) is 5.82 Å². The zero-order valence-electron chi connectivity index (χ0n) is 16.3. The van der Waals surface area contributed by atoms with Crippen LogP contribution in [-0.2, 0) is 19.5 Å². The first-order valence-electron chi connectivity index (χ1n) is 9.86. The highest BCUT2D eigenvalue weighted by atomic mass is 16.3. The molecule has 0 radical (unpaired) electrons. The van der Waals surface area contributed by atoms with Crippen molar-refractivity contribution in [2.24, 2.45) is 0 Å². The normalized spacial score (nSPS) is 20.4. The van der Waals surface area contributed by atoms with Crippen LogP contribution in [0.5, 0.6) is 0 Å². The molecule has 144 valence electrons. The van der Waals surface area contributed by atoms with Crippen molar-refractivity contribution in [3.63, 3.8) is 0 Å². The summed E-state index contributed by atoms with van der Waals surface area (Å²) in [5.41, 5.74) is 3.73. The molecule has 1 atom stereocenters. The SMILES string of the molecule is CN(C)c1nc2c(c(N3CCC[C@H](O)C3)n1)CN(Cc1ccccc1)CC2. The van der Waals surface area contributed by atoms with Crippen LogP contribution in [-0.4, -0.2) is 59.8 Å². The lowest BCUT2D eigenvalue weighted by Crippen LogP contribution is -2.41. The van der Waals surface area contributed by atoms with E-state index < -0.39 is 0 Å². The molecular weight excluding hydrogens is 338 g/mol. The minimum atomic E-state index is -0.267. The van der Waals surface area contributed by atoms with Crippen molar-refractivity contribution in [2.75, 3.05) is 43.5 Å². The summed E-state index contributed by atoms with van der Waals surface area (Å²) < 4.78 is 0. The highest BCUT2D eigenvalue weighted by Crippen LogP contribution is 2.31. The van der Waals surface area contributed by atoms with Gasteiger partial charge in [-0.25, -0.2) is 4.98 Å². The first-order valence-corrected chi connectivity index (χ1v) is 9.86. The van der Waals surface area contributed by atoms with Crippen molar-refractivity contribution in [3.05, 3.63) is 47.2 Å². The van der Waals surface area contributed by atoms with E-state index in [-0.39, 0.29) is 6.10 Å². The van der Waals surface area contributed by atoms with Gasteiger partial charge < -0.3 is 14.9 Å². The summed E-state index contributed by atoms with van der Waals surface area (Å²) in [6.07, 6.45) is 2.56. The quantitative estimate of drug-likeness (QED) is 0.893. The van der Waals surface area contributed by atoms with E-state index in [1.807, 2.05) is 19.0 Å². The first-order chi connectivity index (χ1) is 13.1. The number of aliphatic hydroxyl groups excluding tert-OH is 1.